The molecule has 0 aliphatic carbocycles. The summed E-state index contributed by atoms with van der Waals surface area (Å²) < 4.78 is 5.42. The highest BCUT2D eigenvalue weighted by Crippen LogP contribution is 2.37. The first-order chi connectivity index (χ1) is 15.6. The lowest BCUT2D eigenvalue weighted by atomic mass is 9.95. The Balaban J connectivity index is 1.24. The highest BCUT2D eigenvalue weighted by atomic mass is 16.5. The molecule has 168 valence electrons. The standard InChI is InChI=1S/C27H32N2O3/c1-28(16-13-20-9-5-6-12-25(20)32-2)14-7-3-4-11-24(30)22-17-21-10-8-15-29-26(31)19-23(18-22)27(21)29/h4-6,9,11-12,17-18H,3,7-8,10,13-16,19H2,1-2H3/b11-4+. The van der Waals surface area contributed by atoms with Crippen molar-refractivity contribution in [1.82, 2.24) is 4.90 Å². The van der Waals surface area contributed by atoms with Gasteiger partial charge in [0.15, 0.2) is 5.78 Å². The van der Waals surface area contributed by atoms with Crippen molar-refractivity contribution < 1.29 is 14.3 Å². The second-order valence-corrected chi connectivity index (χ2v) is 8.74. The summed E-state index contributed by atoms with van der Waals surface area (Å²) in [5, 5.41) is 0. The zero-order chi connectivity index (χ0) is 22.5. The first-order valence-corrected chi connectivity index (χ1v) is 11.5. The van der Waals surface area contributed by atoms with E-state index in [0.717, 1.165) is 74.3 Å². The van der Waals surface area contributed by atoms with Crippen molar-refractivity contribution in [3.8, 4) is 5.75 Å². The Morgan fingerprint density at radius 3 is 2.84 bits per heavy atom. The van der Waals surface area contributed by atoms with Crippen molar-refractivity contribution in [1.29, 1.82) is 0 Å². The molecule has 2 aliphatic rings. The fourth-order valence-corrected chi connectivity index (χ4v) is 4.72. The van der Waals surface area contributed by atoms with Gasteiger partial charge in [0.2, 0.25) is 5.91 Å². The summed E-state index contributed by atoms with van der Waals surface area (Å²) in [4.78, 5) is 29.1. The minimum absolute atomic E-state index is 0.0325. The van der Waals surface area contributed by atoms with Crippen LogP contribution in [0.1, 0.15) is 46.3 Å². The number of carbonyl (C=O) groups excluding carboxylic acids is 2. The molecule has 0 radical (unpaired) electrons. The molecule has 2 aromatic rings. The Bertz CT molecular complexity index is 1030. The lowest BCUT2D eigenvalue weighted by molar-refractivity contribution is -0.117. The molecule has 2 aliphatic heterocycles. The van der Waals surface area contributed by atoms with Gasteiger partial charge in [-0.2, -0.15) is 0 Å². The fraction of sp³-hybridized carbons (Fsp3) is 0.407. The van der Waals surface area contributed by atoms with E-state index in [-0.39, 0.29) is 11.7 Å². The Kier molecular flexibility index (Phi) is 7.05. The van der Waals surface area contributed by atoms with Gasteiger partial charge in [0, 0.05) is 18.7 Å². The zero-order valence-corrected chi connectivity index (χ0v) is 19.1. The average molecular weight is 433 g/mol. The predicted octanol–water partition coefficient (Wildman–Crippen LogP) is 4.22. The number of hydrogen-bond donors (Lipinski definition) is 0. The topological polar surface area (TPSA) is 49.9 Å². The van der Waals surface area contributed by atoms with Crippen molar-refractivity contribution in [2.75, 3.05) is 38.7 Å². The first-order valence-electron chi connectivity index (χ1n) is 11.5. The summed E-state index contributed by atoms with van der Waals surface area (Å²) in [6.07, 6.45) is 8.84. The maximum atomic E-state index is 12.7. The Morgan fingerprint density at radius 2 is 2.00 bits per heavy atom. The van der Waals surface area contributed by atoms with E-state index in [1.54, 1.807) is 13.2 Å². The summed E-state index contributed by atoms with van der Waals surface area (Å²) in [6.45, 7) is 2.75. The quantitative estimate of drug-likeness (QED) is 0.320. The summed E-state index contributed by atoms with van der Waals surface area (Å²) >= 11 is 0. The molecule has 0 bridgehead atoms. The van der Waals surface area contributed by atoms with Crippen LogP contribution >= 0.6 is 0 Å². The van der Waals surface area contributed by atoms with Crippen LogP contribution in [0.5, 0.6) is 5.75 Å². The van der Waals surface area contributed by atoms with E-state index < -0.39 is 0 Å². The fourth-order valence-electron chi connectivity index (χ4n) is 4.72. The Morgan fingerprint density at radius 1 is 1.19 bits per heavy atom. The van der Waals surface area contributed by atoms with Crippen LogP contribution in [0.15, 0.2) is 48.6 Å². The molecule has 0 fully saturated rings. The number of allylic oxidation sites excluding steroid dienone is 2. The van der Waals surface area contributed by atoms with Gasteiger partial charge >= 0.3 is 0 Å². The van der Waals surface area contributed by atoms with Crippen molar-refractivity contribution in [2.24, 2.45) is 0 Å². The maximum absolute atomic E-state index is 12.7. The van der Waals surface area contributed by atoms with E-state index >= 15 is 0 Å². The van der Waals surface area contributed by atoms with E-state index in [4.69, 9.17) is 4.74 Å². The summed E-state index contributed by atoms with van der Waals surface area (Å²) in [5.41, 5.74) is 5.16. The molecule has 4 rings (SSSR count). The van der Waals surface area contributed by atoms with Crippen LogP contribution in [-0.2, 0) is 24.1 Å². The van der Waals surface area contributed by atoms with Gasteiger partial charge in [0.1, 0.15) is 5.75 Å². The minimum Gasteiger partial charge on any atom is -0.496 e. The van der Waals surface area contributed by atoms with Gasteiger partial charge in [-0.15, -0.1) is 0 Å². The van der Waals surface area contributed by atoms with Gasteiger partial charge in [-0.05, 0) is 86.7 Å². The van der Waals surface area contributed by atoms with Crippen molar-refractivity contribution in [3.63, 3.8) is 0 Å². The number of hydrogen-bond acceptors (Lipinski definition) is 4. The van der Waals surface area contributed by atoms with Gasteiger partial charge < -0.3 is 14.5 Å². The smallest absolute Gasteiger partial charge is 0.231 e. The number of benzene rings is 2. The van der Waals surface area contributed by atoms with Crippen molar-refractivity contribution >= 4 is 17.4 Å². The molecule has 5 heteroatoms. The van der Waals surface area contributed by atoms with Gasteiger partial charge in [-0.1, -0.05) is 24.3 Å². The number of rotatable bonds is 10. The normalized spacial score (nSPS) is 15.0. The molecule has 2 aromatic carbocycles. The van der Waals surface area contributed by atoms with Crippen LogP contribution in [0.4, 0.5) is 5.69 Å². The Labute approximate surface area is 190 Å². The number of nitrogens with zero attached hydrogens (tertiary/aromatic N) is 2. The van der Waals surface area contributed by atoms with Gasteiger partial charge in [0.05, 0.1) is 19.2 Å². The highest BCUT2D eigenvalue weighted by molar-refractivity contribution is 6.08. The minimum atomic E-state index is 0.0325. The number of amides is 1. The molecule has 0 N–H and O–H groups in total. The lowest BCUT2D eigenvalue weighted by Gasteiger charge is -2.25. The number of methoxy groups -OCH3 is 1. The van der Waals surface area contributed by atoms with E-state index in [0.29, 0.717) is 12.0 Å². The molecule has 0 saturated carbocycles. The number of carbonyl (C=O) groups is 2. The SMILES string of the molecule is COc1ccccc1CCN(C)CCC/C=C/C(=O)c1cc2c3c(c1)CC(=O)N3CCC2. The molecule has 0 atom stereocenters. The number of ether oxygens (including phenoxy) is 1. The third kappa shape index (κ3) is 4.94. The van der Waals surface area contributed by atoms with E-state index in [2.05, 4.69) is 18.0 Å². The molecule has 0 saturated heterocycles. The lowest BCUT2D eigenvalue weighted by Crippen LogP contribution is -2.31. The van der Waals surface area contributed by atoms with Crippen LogP contribution in [0.25, 0.3) is 0 Å². The zero-order valence-electron chi connectivity index (χ0n) is 19.1. The van der Waals surface area contributed by atoms with Gasteiger partial charge in [0.25, 0.3) is 0 Å². The summed E-state index contributed by atoms with van der Waals surface area (Å²) in [7, 11) is 3.84. The third-order valence-electron chi connectivity index (χ3n) is 6.43. The summed E-state index contributed by atoms with van der Waals surface area (Å²) in [6, 6.07) is 12.1. The second kappa shape index (κ2) is 10.1. The van der Waals surface area contributed by atoms with Crippen molar-refractivity contribution in [3.05, 3.63) is 70.8 Å². The third-order valence-corrected chi connectivity index (χ3v) is 6.43. The van der Waals surface area contributed by atoms with E-state index in [1.807, 2.05) is 41.3 Å². The molecule has 0 aromatic heterocycles. The monoisotopic (exact) mass is 432 g/mol. The van der Waals surface area contributed by atoms with Crippen LogP contribution in [0.3, 0.4) is 0 Å². The van der Waals surface area contributed by atoms with Crippen LogP contribution < -0.4 is 9.64 Å². The first kappa shape index (κ1) is 22.3. The van der Waals surface area contributed by atoms with Crippen LogP contribution in [-0.4, -0.2) is 50.4 Å². The number of aryl methyl sites for hydroxylation is 1. The van der Waals surface area contributed by atoms with Gasteiger partial charge in [-0.3, -0.25) is 9.59 Å². The predicted molar refractivity (Wildman–Crippen MR) is 128 cm³/mol. The van der Waals surface area contributed by atoms with E-state index in [9.17, 15) is 9.59 Å². The number of unbranched alkanes of at least 4 members (excludes halogenated alkanes) is 1. The number of ketones is 1. The molecular formula is C27H32N2O3. The van der Waals surface area contributed by atoms with E-state index in [1.165, 1.54) is 5.56 Å². The highest BCUT2D eigenvalue weighted by Gasteiger charge is 2.32. The van der Waals surface area contributed by atoms with Gasteiger partial charge in [-0.25, -0.2) is 0 Å². The molecule has 2 heterocycles. The largest absolute Gasteiger partial charge is 0.496 e. The van der Waals surface area contributed by atoms with Crippen molar-refractivity contribution in [2.45, 2.75) is 38.5 Å². The van der Waals surface area contributed by atoms with Crippen LogP contribution in [0.2, 0.25) is 0 Å². The molecule has 1 amide bonds. The average Bonchev–Trinajstić information content (AvgIpc) is 3.14. The maximum Gasteiger partial charge on any atom is 0.231 e. The number of para-hydroxylation sites is 1. The molecule has 5 nitrogen and oxygen atoms in total. The Hall–Kier alpha value is -2.92. The second-order valence-electron chi connectivity index (χ2n) is 8.74. The van der Waals surface area contributed by atoms with Crippen LogP contribution in [0, 0.1) is 0 Å². The number of anilines is 1. The molecular weight excluding hydrogens is 400 g/mol. The molecule has 0 unspecified atom stereocenters. The number of likely N-dealkylation sites (N-methyl/N-ethyl adjacent to an activating group) is 1. The summed E-state index contributed by atoms with van der Waals surface area (Å²) in [5.74, 6) is 1.14. The molecule has 32 heavy (non-hydrogen) atoms. The molecule has 0 spiro atoms.